The number of carbonyl (C=O) groups excluding carboxylic acids is 1. The number of carbonyl (C=O) groups is 1. The second kappa shape index (κ2) is 10.6. The lowest BCUT2D eigenvalue weighted by Gasteiger charge is -2.22. The highest BCUT2D eigenvalue weighted by molar-refractivity contribution is 5.68. The Morgan fingerprint density at radius 3 is 2.57 bits per heavy atom. The van der Waals surface area contributed by atoms with Gasteiger partial charge in [0.05, 0.1) is 26.3 Å². The molecule has 9 heteroatoms. The number of rotatable bonds is 9. The number of benzene rings is 1. The second-order valence-corrected chi connectivity index (χ2v) is 10.2. The predicted octanol–water partition coefficient (Wildman–Crippen LogP) is 4.52. The van der Waals surface area contributed by atoms with Gasteiger partial charge in [-0.05, 0) is 64.2 Å². The average molecular weight is 485 g/mol. The summed E-state index contributed by atoms with van der Waals surface area (Å²) >= 11 is 0. The maximum absolute atomic E-state index is 12.0. The summed E-state index contributed by atoms with van der Waals surface area (Å²) in [5.74, 6) is 3.22. The SMILES string of the molecule is COc1c(OCC2CC2)ncnc1N1CC[C@@H](Oc2ccc([C@H](C)NC(=O)OC(C)(C)C)cc2)C1. The topological polar surface area (TPSA) is 95.0 Å². The number of nitrogens with one attached hydrogen (secondary N) is 1. The van der Waals surface area contributed by atoms with Gasteiger partial charge in [0, 0.05) is 13.0 Å². The third kappa shape index (κ3) is 6.90. The fourth-order valence-corrected chi connectivity index (χ4v) is 3.95. The molecule has 1 aliphatic carbocycles. The Labute approximate surface area is 207 Å². The minimum absolute atomic E-state index is 0.0219. The van der Waals surface area contributed by atoms with Crippen LogP contribution in [0.15, 0.2) is 30.6 Å². The number of aromatic nitrogens is 2. The molecule has 1 N–H and O–H groups in total. The quantitative estimate of drug-likeness (QED) is 0.555. The van der Waals surface area contributed by atoms with Gasteiger partial charge in [-0.15, -0.1) is 0 Å². The molecule has 35 heavy (non-hydrogen) atoms. The van der Waals surface area contributed by atoms with Gasteiger partial charge in [-0.2, -0.15) is 4.98 Å². The molecule has 2 heterocycles. The number of ether oxygens (including phenoxy) is 4. The first-order chi connectivity index (χ1) is 16.7. The van der Waals surface area contributed by atoms with Crippen LogP contribution in [0, 0.1) is 5.92 Å². The van der Waals surface area contributed by atoms with Crippen LogP contribution in [-0.4, -0.2) is 54.6 Å². The first kappa shape index (κ1) is 24.9. The van der Waals surface area contributed by atoms with Gasteiger partial charge in [-0.25, -0.2) is 9.78 Å². The first-order valence-corrected chi connectivity index (χ1v) is 12.2. The zero-order valence-electron chi connectivity index (χ0n) is 21.2. The Balaban J connectivity index is 1.32. The highest BCUT2D eigenvalue weighted by atomic mass is 16.6. The van der Waals surface area contributed by atoms with Gasteiger partial charge in [0.2, 0.25) is 5.75 Å². The molecular formula is C26H36N4O5. The minimum atomic E-state index is -0.530. The molecule has 1 aromatic carbocycles. The molecule has 1 saturated carbocycles. The van der Waals surface area contributed by atoms with Crippen LogP contribution in [-0.2, 0) is 4.74 Å². The van der Waals surface area contributed by atoms with E-state index in [2.05, 4.69) is 20.2 Å². The van der Waals surface area contributed by atoms with E-state index in [-0.39, 0.29) is 12.1 Å². The van der Waals surface area contributed by atoms with Gasteiger partial charge >= 0.3 is 6.09 Å². The van der Waals surface area contributed by atoms with Crippen LogP contribution in [0.1, 0.15) is 58.6 Å². The molecule has 1 aliphatic heterocycles. The Morgan fingerprint density at radius 1 is 1.17 bits per heavy atom. The number of hydrogen-bond acceptors (Lipinski definition) is 8. The minimum Gasteiger partial charge on any atom is -0.489 e. The van der Waals surface area contributed by atoms with Crippen molar-refractivity contribution in [2.75, 3.05) is 31.7 Å². The number of methoxy groups -OCH3 is 1. The molecule has 0 radical (unpaired) electrons. The molecule has 4 rings (SSSR count). The van der Waals surface area contributed by atoms with Crippen LogP contribution >= 0.6 is 0 Å². The molecular weight excluding hydrogens is 448 g/mol. The Kier molecular flexibility index (Phi) is 7.52. The average Bonchev–Trinajstić information content (AvgIpc) is 3.53. The molecule has 1 saturated heterocycles. The van der Waals surface area contributed by atoms with E-state index in [1.165, 1.54) is 19.2 Å². The van der Waals surface area contributed by atoms with Crippen LogP contribution in [0.25, 0.3) is 0 Å². The van der Waals surface area contributed by atoms with Crippen LogP contribution in [0.2, 0.25) is 0 Å². The van der Waals surface area contributed by atoms with E-state index < -0.39 is 11.7 Å². The maximum Gasteiger partial charge on any atom is 0.408 e. The zero-order valence-corrected chi connectivity index (χ0v) is 21.2. The number of anilines is 1. The Hall–Kier alpha value is -3.23. The molecule has 1 amide bonds. The summed E-state index contributed by atoms with van der Waals surface area (Å²) in [6.45, 7) is 9.61. The summed E-state index contributed by atoms with van der Waals surface area (Å²) in [5.41, 5.74) is 0.443. The van der Waals surface area contributed by atoms with Crippen LogP contribution in [0.5, 0.6) is 17.4 Å². The molecule has 2 aliphatic rings. The molecule has 0 unspecified atom stereocenters. The maximum atomic E-state index is 12.0. The summed E-state index contributed by atoms with van der Waals surface area (Å²) in [5, 5.41) is 2.86. The second-order valence-electron chi connectivity index (χ2n) is 10.2. The Morgan fingerprint density at radius 2 is 1.91 bits per heavy atom. The number of nitrogens with zero attached hydrogens (tertiary/aromatic N) is 3. The monoisotopic (exact) mass is 484 g/mol. The molecule has 0 bridgehead atoms. The van der Waals surface area contributed by atoms with Crippen LogP contribution in [0.4, 0.5) is 10.6 Å². The van der Waals surface area contributed by atoms with Crippen molar-refractivity contribution in [3.05, 3.63) is 36.2 Å². The van der Waals surface area contributed by atoms with Crippen LogP contribution in [0.3, 0.4) is 0 Å². The first-order valence-electron chi connectivity index (χ1n) is 12.2. The van der Waals surface area contributed by atoms with Crippen molar-refractivity contribution >= 4 is 11.9 Å². The van der Waals surface area contributed by atoms with Crippen molar-refractivity contribution in [3.63, 3.8) is 0 Å². The molecule has 190 valence electrons. The lowest BCUT2D eigenvalue weighted by Crippen LogP contribution is -2.34. The lowest BCUT2D eigenvalue weighted by molar-refractivity contribution is 0.0508. The van der Waals surface area contributed by atoms with Gasteiger partial charge < -0.3 is 29.2 Å². The van der Waals surface area contributed by atoms with E-state index >= 15 is 0 Å². The van der Waals surface area contributed by atoms with Crippen molar-refractivity contribution in [2.45, 2.75) is 64.7 Å². The number of hydrogen-bond donors (Lipinski definition) is 1. The number of amides is 1. The van der Waals surface area contributed by atoms with Gasteiger partial charge in [0.25, 0.3) is 5.88 Å². The summed E-state index contributed by atoms with van der Waals surface area (Å²) in [6.07, 6.45) is 4.41. The molecule has 2 fully saturated rings. The van der Waals surface area contributed by atoms with Crippen molar-refractivity contribution in [2.24, 2.45) is 5.92 Å². The fraction of sp³-hybridized carbons (Fsp3) is 0.577. The largest absolute Gasteiger partial charge is 0.489 e. The molecule has 0 spiro atoms. The van der Waals surface area contributed by atoms with Gasteiger partial charge in [0.1, 0.15) is 23.8 Å². The van der Waals surface area contributed by atoms with E-state index in [9.17, 15) is 4.79 Å². The van der Waals surface area contributed by atoms with Crippen molar-refractivity contribution in [1.82, 2.24) is 15.3 Å². The highest BCUT2D eigenvalue weighted by Gasteiger charge is 2.30. The molecule has 2 atom stereocenters. The summed E-state index contributed by atoms with van der Waals surface area (Å²) in [7, 11) is 1.62. The highest BCUT2D eigenvalue weighted by Crippen LogP contribution is 2.37. The van der Waals surface area contributed by atoms with E-state index in [1.807, 2.05) is 52.0 Å². The van der Waals surface area contributed by atoms with Crippen molar-refractivity contribution < 1.29 is 23.7 Å². The van der Waals surface area contributed by atoms with Gasteiger partial charge in [-0.1, -0.05) is 12.1 Å². The third-order valence-corrected chi connectivity index (χ3v) is 5.97. The summed E-state index contributed by atoms with van der Waals surface area (Å²) < 4.78 is 23.1. The molecule has 1 aromatic heterocycles. The zero-order chi connectivity index (χ0) is 25.0. The third-order valence-electron chi connectivity index (χ3n) is 5.97. The van der Waals surface area contributed by atoms with Gasteiger partial charge in [0.15, 0.2) is 5.82 Å². The van der Waals surface area contributed by atoms with Gasteiger partial charge in [-0.3, -0.25) is 0 Å². The van der Waals surface area contributed by atoms with E-state index in [4.69, 9.17) is 18.9 Å². The Bertz CT molecular complexity index is 1000. The fourth-order valence-electron chi connectivity index (χ4n) is 3.95. The standard InChI is InChI=1S/C26H36N4O5/c1-17(29-25(31)35-26(2,3)4)19-8-10-20(11-9-19)34-21-12-13-30(14-21)23-22(32-5)24(28-16-27-23)33-15-18-6-7-18/h8-11,16-18,21H,6-7,12-15H2,1-5H3,(H,29,31)/t17-,21+/m0/s1. The normalized spacial score (nSPS) is 18.7. The molecule has 2 aromatic rings. The predicted molar refractivity (Wildman–Crippen MR) is 132 cm³/mol. The van der Waals surface area contributed by atoms with E-state index in [1.54, 1.807) is 7.11 Å². The van der Waals surface area contributed by atoms with E-state index in [0.717, 1.165) is 30.1 Å². The van der Waals surface area contributed by atoms with Crippen molar-refractivity contribution in [1.29, 1.82) is 0 Å². The van der Waals surface area contributed by atoms with Crippen LogP contribution < -0.4 is 24.4 Å². The molecule has 9 nitrogen and oxygen atoms in total. The smallest absolute Gasteiger partial charge is 0.408 e. The van der Waals surface area contributed by atoms with E-state index in [0.29, 0.717) is 30.7 Å². The summed E-state index contributed by atoms with van der Waals surface area (Å²) in [4.78, 5) is 22.9. The van der Waals surface area contributed by atoms with Crippen molar-refractivity contribution in [3.8, 4) is 17.4 Å². The lowest BCUT2D eigenvalue weighted by atomic mass is 10.1. The summed E-state index contributed by atoms with van der Waals surface area (Å²) in [6, 6.07) is 7.60. The number of alkyl carbamates (subject to hydrolysis) is 1.